The minimum Gasteiger partial charge on any atom is -0.488 e. The first-order valence-electron chi connectivity index (χ1n) is 12.3. The summed E-state index contributed by atoms with van der Waals surface area (Å²) in [5.41, 5.74) is 3.87. The molecule has 0 unspecified atom stereocenters. The molecule has 0 saturated carbocycles. The lowest BCUT2D eigenvalue weighted by molar-refractivity contribution is 0.0346. The number of benzene rings is 2. The van der Waals surface area contributed by atoms with Crippen LogP contribution in [0.3, 0.4) is 0 Å². The number of ether oxygens (including phenoxy) is 2. The Kier molecular flexibility index (Phi) is 7.48. The molecule has 2 fully saturated rings. The third kappa shape index (κ3) is 5.93. The second kappa shape index (κ2) is 10.9. The molecule has 1 aromatic heterocycles. The Bertz CT molecular complexity index is 1170. The fourth-order valence-corrected chi connectivity index (χ4v) is 5.42. The van der Waals surface area contributed by atoms with Crippen molar-refractivity contribution >= 4 is 17.2 Å². The van der Waals surface area contributed by atoms with E-state index in [9.17, 15) is 4.79 Å². The van der Waals surface area contributed by atoms with Crippen molar-refractivity contribution in [2.45, 2.75) is 32.5 Å². The van der Waals surface area contributed by atoms with E-state index in [1.54, 1.807) is 0 Å². The molecular formula is C28H33N3O3S. The fourth-order valence-electron chi connectivity index (χ4n) is 4.37. The lowest BCUT2D eigenvalue weighted by Crippen LogP contribution is -2.50. The van der Waals surface area contributed by atoms with Gasteiger partial charge in [0.25, 0.3) is 5.91 Å². The predicted octanol–water partition coefficient (Wildman–Crippen LogP) is 4.40. The van der Waals surface area contributed by atoms with Crippen molar-refractivity contribution in [1.29, 1.82) is 0 Å². The number of hydrogen-bond acceptors (Lipinski definition) is 6. The lowest BCUT2D eigenvalue weighted by atomic mass is 10.0. The van der Waals surface area contributed by atoms with Crippen LogP contribution in [0, 0.1) is 6.92 Å². The molecule has 0 radical (unpaired) electrons. The van der Waals surface area contributed by atoms with Gasteiger partial charge in [0.2, 0.25) is 0 Å². The summed E-state index contributed by atoms with van der Waals surface area (Å²) in [5, 5.41) is 6.38. The van der Waals surface area contributed by atoms with Crippen LogP contribution in [0.5, 0.6) is 5.75 Å². The molecule has 0 aliphatic carbocycles. The number of amides is 1. The van der Waals surface area contributed by atoms with Crippen LogP contribution < -0.4 is 15.4 Å². The molecule has 1 atom stereocenters. The topological polar surface area (TPSA) is 62.8 Å². The van der Waals surface area contributed by atoms with Crippen LogP contribution in [0.25, 0.3) is 10.4 Å². The first-order valence-corrected chi connectivity index (χ1v) is 13.1. The van der Waals surface area contributed by atoms with Gasteiger partial charge in [0.05, 0.1) is 19.3 Å². The second-order valence-electron chi connectivity index (χ2n) is 9.35. The molecule has 35 heavy (non-hydrogen) atoms. The molecule has 0 spiro atoms. The average Bonchev–Trinajstić information content (AvgIpc) is 3.31. The summed E-state index contributed by atoms with van der Waals surface area (Å²) >= 11 is 1.84. The maximum absolute atomic E-state index is 13.1. The van der Waals surface area contributed by atoms with Crippen molar-refractivity contribution in [3.8, 4) is 16.2 Å². The standard InChI is InChI=1S/C28H33N3O3S/c1-19-6-7-23(34-24-16-29-17-24)15-26(19)28(32)30-20(2)21-4-3-5-22(14-21)27-9-8-25(35-27)18-31-10-12-33-13-11-31/h3-9,14-15,20,24,29H,10-13,16-18H2,1-2H3,(H,30,32)/t20-/m1/s1. The molecule has 2 aliphatic heterocycles. The van der Waals surface area contributed by atoms with Crippen LogP contribution in [-0.2, 0) is 11.3 Å². The number of hydrogen-bond donors (Lipinski definition) is 2. The van der Waals surface area contributed by atoms with Crippen LogP contribution in [0.2, 0.25) is 0 Å². The van der Waals surface area contributed by atoms with E-state index in [-0.39, 0.29) is 18.1 Å². The Hall–Kier alpha value is -2.71. The normalized spacial score (nSPS) is 17.5. The largest absolute Gasteiger partial charge is 0.488 e. The first-order chi connectivity index (χ1) is 17.0. The molecular weight excluding hydrogens is 458 g/mol. The Labute approximate surface area is 211 Å². The number of thiophene rings is 1. The van der Waals surface area contributed by atoms with E-state index in [4.69, 9.17) is 9.47 Å². The van der Waals surface area contributed by atoms with E-state index in [0.29, 0.717) is 5.56 Å². The Morgan fingerprint density at radius 2 is 2.00 bits per heavy atom. The minimum atomic E-state index is -0.116. The van der Waals surface area contributed by atoms with Crippen LogP contribution in [-0.4, -0.2) is 56.3 Å². The molecule has 5 rings (SSSR count). The molecule has 2 aliphatic rings. The van der Waals surface area contributed by atoms with Crippen LogP contribution >= 0.6 is 11.3 Å². The van der Waals surface area contributed by atoms with Crippen molar-refractivity contribution in [3.05, 3.63) is 76.2 Å². The SMILES string of the molecule is Cc1ccc(OC2CNC2)cc1C(=O)N[C@H](C)c1cccc(-c2ccc(CN3CCOCC3)s2)c1. The molecule has 2 N–H and O–H groups in total. The summed E-state index contributed by atoms with van der Waals surface area (Å²) in [6, 6.07) is 18.5. The third-order valence-electron chi connectivity index (χ3n) is 6.66. The number of morpholine rings is 1. The lowest BCUT2D eigenvalue weighted by Gasteiger charge is -2.28. The number of nitrogens with one attached hydrogen (secondary N) is 2. The van der Waals surface area contributed by atoms with Gasteiger partial charge in [0.15, 0.2) is 0 Å². The molecule has 2 saturated heterocycles. The fraction of sp³-hybridized carbons (Fsp3) is 0.393. The summed E-state index contributed by atoms with van der Waals surface area (Å²) in [6.07, 6.45) is 0.182. The number of rotatable bonds is 8. The van der Waals surface area contributed by atoms with Gasteiger partial charge in [0, 0.05) is 48.0 Å². The van der Waals surface area contributed by atoms with Gasteiger partial charge in [-0.25, -0.2) is 0 Å². The maximum atomic E-state index is 13.1. The molecule has 2 aromatic carbocycles. The monoisotopic (exact) mass is 491 g/mol. The summed E-state index contributed by atoms with van der Waals surface area (Å²) in [4.78, 5) is 18.2. The number of aryl methyl sites for hydroxylation is 1. The van der Waals surface area contributed by atoms with E-state index in [1.165, 1.54) is 15.3 Å². The van der Waals surface area contributed by atoms with E-state index in [0.717, 1.165) is 62.8 Å². The zero-order valence-electron chi connectivity index (χ0n) is 20.4. The zero-order valence-corrected chi connectivity index (χ0v) is 21.2. The zero-order chi connectivity index (χ0) is 24.2. The van der Waals surface area contributed by atoms with Crippen LogP contribution in [0.1, 0.15) is 39.3 Å². The van der Waals surface area contributed by atoms with E-state index < -0.39 is 0 Å². The van der Waals surface area contributed by atoms with Gasteiger partial charge < -0.3 is 20.1 Å². The summed E-state index contributed by atoms with van der Waals surface area (Å²) < 4.78 is 11.4. The van der Waals surface area contributed by atoms with Crippen LogP contribution in [0.15, 0.2) is 54.6 Å². The minimum absolute atomic E-state index is 0.0819. The quantitative estimate of drug-likeness (QED) is 0.489. The molecule has 3 aromatic rings. The Balaban J connectivity index is 1.25. The highest BCUT2D eigenvalue weighted by Gasteiger charge is 2.20. The van der Waals surface area contributed by atoms with E-state index in [1.807, 2.05) is 43.4 Å². The van der Waals surface area contributed by atoms with Gasteiger partial charge in [-0.05, 0) is 60.9 Å². The van der Waals surface area contributed by atoms with Gasteiger partial charge in [-0.1, -0.05) is 24.3 Å². The van der Waals surface area contributed by atoms with E-state index in [2.05, 4.69) is 51.9 Å². The highest BCUT2D eigenvalue weighted by Crippen LogP contribution is 2.31. The predicted molar refractivity (Wildman–Crippen MR) is 140 cm³/mol. The molecule has 184 valence electrons. The average molecular weight is 492 g/mol. The maximum Gasteiger partial charge on any atom is 0.252 e. The summed E-state index contributed by atoms with van der Waals surface area (Å²) in [5.74, 6) is 0.661. The Morgan fingerprint density at radius 3 is 2.77 bits per heavy atom. The third-order valence-corrected chi connectivity index (χ3v) is 7.78. The van der Waals surface area contributed by atoms with Gasteiger partial charge >= 0.3 is 0 Å². The van der Waals surface area contributed by atoms with Crippen LogP contribution in [0.4, 0.5) is 0 Å². The highest BCUT2D eigenvalue weighted by molar-refractivity contribution is 7.15. The smallest absolute Gasteiger partial charge is 0.252 e. The highest BCUT2D eigenvalue weighted by atomic mass is 32.1. The van der Waals surface area contributed by atoms with Crippen molar-refractivity contribution in [2.24, 2.45) is 0 Å². The van der Waals surface area contributed by atoms with Crippen molar-refractivity contribution in [1.82, 2.24) is 15.5 Å². The van der Waals surface area contributed by atoms with Gasteiger partial charge in [0.1, 0.15) is 11.9 Å². The molecule has 1 amide bonds. The number of nitrogens with zero attached hydrogens (tertiary/aromatic N) is 1. The molecule has 3 heterocycles. The molecule has 6 nitrogen and oxygen atoms in total. The van der Waals surface area contributed by atoms with Crippen molar-refractivity contribution < 1.29 is 14.3 Å². The summed E-state index contributed by atoms with van der Waals surface area (Å²) in [6.45, 7) is 10.3. The van der Waals surface area contributed by atoms with Gasteiger partial charge in [-0.2, -0.15) is 0 Å². The second-order valence-corrected chi connectivity index (χ2v) is 10.5. The molecule has 0 bridgehead atoms. The summed E-state index contributed by atoms with van der Waals surface area (Å²) in [7, 11) is 0. The first kappa shape index (κ1) is 24.0. The van der Waals surface area contributed by atoms with Gasteiger partial charge in [-0.3, -0.25) is 9.69 Å². The molecule has 7 heteroatoms. The Morgan fingerprint density at radius 1 is 1.17 bits per heavy atom. The van der Waals surface area contributed by atoms with Crippen molar-refractivity contribution in [2.75, 3.05) is 39.4 Å². The number of carbonyl (C=O) groups excluding carboxylic acids is 1. The number of carbonyl (C=O) groups is 1. The van der Waals surface area contributed by atoms with E-state index >= 15 is 0 Å². The van der Waals surface area contributed by atoms with Gasteiger partial charge in [-0.15, -0.1) is 11.3 Å². The van der Waals surface area contributed by atoms with Crippen molar-refractivity contribution in [3.63, 3.8) is 0 Å².